The number of halogens is 1. The van der Waals surface area contributed by atoms with E-state index in [9.17, 15) is 4.79 Å². The highest BCUT2D eigenvalue weighted by molar-refractivity contribution is 9.10. The number of carbonyl (C=O) groups excluding carboxylic acids is 1. The Hall–Kier alpha value is -1.53. The number of thiophene rings is 1. The van der Waals surface area contributed by atoms with Gasteiger partial charge in [-0.15, -0.1) is 11.3 Å². The van der Waals surface area contributed by atoms with Gasteiger partial charge in [-0.2, -0.15) is 0 Å². The molecule has 1 aromatic carbocycles. The number of hydrogen-bond donors (Lipinski definition) is 2. The van der Waals surface area contributed by atoms with E-state index in [1.807, 2.05) is 29.6 Å². The van der Waals surface area contributed by atoms with E-state index in [-0.39, 0.29) is 5.91 Å². The second kappa shape index (κ2) is 6.76. The SMILES string of the molecule is COc1ccc(Br)c(NCc2sccc2NC(C)=O)c1. The summed E-state index contributed by atoms with van der Waals surface area (Å²) >= 11 is 5.10. The van der Waals surface area contributed by atoms with Crippen LogP contribution < -0.4 is 15.4 Å². The third kappa shape index (κ3) is 3.74. The first-order valence-electron chi connectivity index (χ1n) is 6.01. The molecule has 4 nitrogen and oxygen atoms in total. The molecule has 0 aliphatic rings. The number of ether oxygens (including phenoxy) is 1. The minimum atomic E-state index is -0.0628. The van der Waals surface area contributed by atoms with Crippen molar-refractivity contribution in [1.82, 2.24) is 0 Å². The molecule has 2 aromatic rings. The smallest absolute Gasteiger partial charge is 0.221 e. The van der Waals surface area contributed by atoms with Crippen molar-refractivity contribution in [3.63, 3.8) is 0 Å². The number of carbonyl (C=O) groups is 1. The van der Waals surface area contributed by atoms with Crippen LogP contribution in [0.3, 0.4) is 0 Å². The Morgan fingerprint density at radius 2 is 2.15 bits per heavy atom. The maximum Gasteiger partial charge on any atom is 0.221 e. The Morgan fingerprint density at radius 1 is 1.35 bits per heavy atom. The molecule has 0 fully saturated rings. The molecule has 0 unspecified atom stereocenters. The van der Waals surface area contributed by atoms with Crippen LogP contribution >= 0.6 is 27.3 Å². The zero-order valence-electron chi connectivity index (χ0n) is 11.2. The molecule has 2 N–H and O–H groups in total. The van der Waals surface area contributed by atoms with Gasteiger partial charge in [0, 0.05) is 22.3 Å². The fourth-order valence-corrected chi connectivity index (χ4v) is 2.88. The standard InChI is InChI=1S/C14H15BrN2O2S/c1-9(18)17-12-5-6-20-14(12)8-16-13-7-10(19-2)3-4-11(13)15/h3-7,16H,8H2,1-2H3,(H,17,18). The molecule has 1 aromatic heterocycles. The molecule has 20 heavy (non-hydrogen) atoms. The Labute approximate surface area is 130 Å². The fourth-order valence-electron chi connectivity index (χ4n) is 1.72. The van der Waals surface area contributed by atoms with Gasteiger partial charge >= 0.3 is 0 Å². The normalized spacial score (nSPS) is 10.2. The monoisotopic (exact) mass is 354 g/mol. The maximum atomic E-state index is 11.1. The zero-order valence-corrected chi connectivity index (χ0v) is 13.6. The molecule has 0 saturated carbocycles. The van der Waals surface area contributed by atoms with E-state index in [1.54, 1.807) is 18.4 Å². The lowest BCUT2D eigenvalue weighted by molar-refractivity contribution is -0.114. The quantitative estimate of drug-likeness (QED) is 0.849. The zero-order chi connectivity index (χ0) is 14.5. The van der Waals surface area contributed by atoms with Gasteiger partial charge < -0.3 is 15.4 Å². The minimum absolute atomic E-state index is 0.0628. The lowest BCUT2D eigenvalue weighted by atomic mass is 10.3. The highest BCUT2D eigenvalue weighted by Gasteiger charge is 2.07. The predicted molar refractivity (Wildman–Crippen MR) is 86.6 cm³/mol. The van der Waals surface area contributed by atoms with E-state index < -0.39 is 0 Å². The number of rotatable bonds is 5. The summed E-state index contributed by atoms with van der Waals surface area (Å²) < 4.78 is 6.18. The van der Waals surface area contributed by atoms with E-state index in [2.05, 4.69) is 26.6 Å². The molecule has 0 aliphatic heterocycles. The van der Waals surface area contributed by atoms with Crippen molar-refractivity contribution in [2.45, 2.75) is 13.5 Å². The van der Waals surface area contributed by atoms with Gasteiger partial charge in [0.05, 0.1) is 25.0 Å². The van der Waals surface area contributed by atoms with Gasteiger partial charge in [-0.25, -0.2) is 0 Å². The fraction of sp³-hybridized carbons (Fsp3) is 0.214. The van der Waals surface area contributed by atoms with Gasteiger partial charge in [0.1, 0.15) is 5.75 Å². The molecular formula is C14H15BrN2O2S. The van der Waals surface area contributed by atoms with E-state index in [0.717, 1.165) is 26.5 Å². The van der Waals surface area contributed by atoms with Crippen LogP contribution in [-0.2, 0) is 11.3 Å². The lowest BCUT2D eigenvalue weighted by Gasteiger charge is -2.11. The number of hydrogen-bond acceptors (Lipinski definition) is 4. The predicted octanol–water partition coefficient (Wildman–Crippen LogP) is 4.09. The third-order valence-electron chi connectivity index (χ3n) is 2.67. The molecule has 0 spiro atoms. The molecule has 0 atom stereocenters. The van der Waals surface area contributed by atoms with Crippen molar-refractivity contribution in [2.24, 2.45) is 0 Å². The summed E-state index contributed by atoms with van der Waals surface area (Å²) in [5, 5.41) is 8.12. The maximum absolute atomic E-state index is 11.1. The van der Waals surface area contributed by atoms with Gasteiger partial charge in [-0.1, -0.05) is 0 Å². The molecule has 106 valence electrons. The Bertz CT molecular complexity index is 613. The average Bonchev–Trinajstić information content (AvgIpc) is 2.84. The van der Waals surface area contributed by atoms with Gasteiger partial charge in [-0.3, -0.25) is 4.79 Å². The number of nitrogens with one attached hydrogen (secondary N) is 2. The van der Waals surface area contributed by atoms with Crippen LogP contribution in [0.15, 0.2) is 34.1 Å². The van der Waals surface area contributed by atoms with Crippen molar-refractivity contribution in [2.75, 3.05) is 17.7 Å². The first-order valence-corrected chi connectivity index (χ1v) is 7.69. The van der Waals surface area contributed by atoms with Crippen LogP contribution in [0.25, 0.3) is 0 Å². The minimum Gasteiger partial charge on any atom is -0.497 e. The Balaban J connectivity index is 2.09. The van der Waals surface area contributed by atoms with Crippen molar-refractivity contribution < 1.29 is 9.53 Å². The second-order valence-corrected chi connectivity index (χ2v) is 5.99. The summed E-state index contributed by atoms with van der Waals surface area (Å²) in [7, 11) is 1.64. The summed E-state index contributed by atoms with van der Waals surface area (Å²) in [6, 6.07) is 7.66. The average molecular weight is 355 g/mol. The van der Waals surface area contributed by atoms with Crippen LogP contribution in [0.1, 0.15) is 11.8 Å². The van der Waals surface area contributed by atoms with Crippen LogP contribution in [0.2, 0.25) is 0 Å². The van der Waals surface area contributed by atoms with Crippen molar-refractivity contribution in [1.29, 1.82) is 0 Å². The number of methoxy groups -OCH3 is 1. The van der Waals surface area contributed by atoms with E-state index in [0.29, 0.717) is 6.54 Å². The van der Waals surface area contributed by atoms with Crippen molar-refractivity contribution >= 4 is 44.5 Å². The second-order valence-electron chi connectivity index (χ2n) is 4.14. The van der Waals surface area contributed by atoms with Gasteiger partial charge in [0.2, 0.25) is 5.91 Å². The molecule has 0 bridgehead atoms. The number of benzene rings is 1. The van der Waals surface area contributed by atoms with E-state index in [4.69, 9.17) is 4.74 Å². The molecular weight excluding hydrogens is 340 g/mol. The van der Waals surface area contributed by atoms with Crippen LogP contribution in [0, 0.1) is 0 Å². The van der Waals surface area contributed by atoms with Crippen LogP contribution in [0.5, 0.6) is 5.75 Å². The van der Waals surface area contributed by atoms with Gasteiger partial charge in [0.25, 0.3) is 0 Å². The summed E-state index contributed by atoms with van der Waals surface area (Å²) in [4.78, 5) is 12.2. The largest absolute Gasteiger partial charge is 0.497 e. The number of amides is 1. The lowest BCUT2D eigenvalue weighted by Crippen LogP contribution is -2.08. The summed E-state index contributed by atoms with van der Waals surface area (Å²) in [6.45, 7) is 2.15. The summed E-state index contributed by atoms with van der Waals surface area (Å²) in [5.41, 5.74) is 1.81. The first kappa shape index (κ1) is 14.9. The third-order valence-corrected chi connectivity index (χ3v) is 4.28. The highest BCUT2D eigenvalue weighted by Crippen LogP contribution is 2.29. The van der Waals surface area contributed by atoms with Crippen molar-refractivity contribution in [3.05, 3.63) is 39.0 Å². The highest BCUT2D eigenvalue weighted by atomic mass is 79.9. The summed E-state index contributed by atoms with van der Waals surface area (Å²) in [5.74, 6) is 0.733. The van der Waals surface area contributed by atoms with Crippen LogP contribution in [-0.4, -0.2) is 13.0 Å². The first-order chi connectivity index (χ1) is 9.60. The molecule has 0 saturated heterocycles. The molecule has 1 heterocycles. The molecule has 1 amide bonds. The number of anilines is 2. The molecule has 6 heteroatoms. The summed E-state index contributed by atoms with van der Waals surface area (Å²) in [6.07, 6.45) is 0. The molecule has 2 rings (SSSR count). The van der Waals surface area contributed by atoms with Crippen LogP contribution in [0.4, 0.5) is 11.4 Å². The topological polar surface area (TPSA) is 50.4 Å². The Kier molecular flexibility index (Phi) is 5.03. The Morgan fingerprint density at radius 3 is 2.85 bits per heavy atom. The van der Waals surface area contributed by atoms with Gasteiger partial charge in [-0.05, 0) is 39.5 Å². The van der Waals surface area contributed by atoms with E-state index >= 15 is 0 Å². The van der Waals surface area contributed by atoms with Gasteiger partial charge in [0.15, 0.2) is 0 Å². The molecule has 0 aliphatic carbocycles. The molecule has 0 radical (unpaired) electrons. The van der Waals surface area contributed by atoms with Crippen molar-refractivity contribution in [3.8, 4) is 5.75 Å². The van der Waals surface area contributed by atoms with E-state index in [1.165, 1.54) is 6.92 Å².